The Morgan fingerprint density at radius 1 is 1.13 bits per heavy atom. The van der Waals surface area contributed by atoms with Crippen molar-refractivity contribution in [3.63, 3.8) is 0 Å². The molecular weight excluding hydrogens is 420 g/mol. The van der Waals surface area contributed by atoms with Gasteiger partial charge in [-0.3, -0.25) is 10.1 Å². The van der Waals surface area contributed by atoms with Crippen molar-refractivity contribution in [2.45, 2.75) is 40.7 Å². The van der Waals surface area contributed by atoms with Crippen LogP contribution in [0.2, 0.25) is 5.02 Å². The molecule has 1 heterocycles. The van der Waals surface area contributed by atoms with Gasteiger partial charge in [0.15, 0.2) is 16.6 Å². The predicted octanol–water partition coefficient (Wildman–Crippen LogP) is 6.44. The summed E-state index contributed by atoms with van der Waals surface area (Å²) in [5.41, 5.74) is 5.85. The van der Waals surface area contributed by atoms with Crippen LogP contribution >= 0.6 is 22.9 Å². The van der Waals surface area contributed by atoms with Crippen LogP contribution in [0.5, 0.6) is 11.5 Å². The average Bonchev–Trinajstić information content (AvgIpc) is 3.09. The molecule has 5 nitrogen and oxygen atoms in total. The molecule has 3 rings (SSSR count). The largest absolute Gasteiger partial charge is 0.493 e. The Balaban J connectivity index is 1.85. The third-order valence-corrected chi connectivity index (χ3v) is 5.54. The van der Waals surface area contributed by atoms with Crippen LogP contribution in [0.4, 0.5) is 5.13 Å². The minimum atomic E-state index is -0.315. The molecule has 158 valence electrons. The van der Waals surface area contributed by atoms with Crippen LogP contribution in [-0.4, -0.2) is 24.1 Å². The second kappa shape index (κ2) is 9.06. The number of benzene rings is 2. The van der Waals surface area contributed by atoms with Gasteiger partial charge in [0, 0.05) is 16.5 Å². The van der Waals surface area contributed by atoms with Crippen molar-refractivity contribution in [2.75, 3.05) is 12.4 Å². The van der Waals surface area contributed by atoms with E-state index in [-0.39, 0.29) is 12.0 Å². The number of methoxy groups -OCH3 is 1. The lowest BCUT2D eigenvalue weighted by Gasteiger charge is -2.16. The van der Waals surface area contributed by atoms with E-state index in [2.05, 4.69) is 43.2 Å². The van der Waals surface area contributed by atoms with Gasteiger partial charge in [0.25, 0.3) is 5.91 Å². The topological polar surface area (TPSA) is 60.5 Å². The highest BCUT2D eigenvalue weighted by molar-refractivity contribution is 7.14. The van der Waals surface area contributed by atoms with Gasteiger partial charge in [-0.05, 0) is 57.9 Å². The number of hydrogen-bond acceptors (Lipinski definition) is 5. The van der Waals surface area contributed by atoms with E-state index in [1.807, 2.05) is 19.2 Å². The summed E-state index contributed by atoms with van der Waals surface area (Å²) < 4.78 is 11.1. The van der Waals surface area contributed by atoms with Crippen molar-refractivity contribution in [1.29, 1.82) is 0 Å². The molecule has 0 spiro atoms. The van der Waals surface area contributed by atoms with Crippen molar-refractivity contribution in [3.05, 3.63) is 56.9 Å². The highest BCUT2D eigenvalue weighted by Crippen LogP contribution is 2.37. The maximum atomic E-state index is 12.8. The smallest absolute Gasteiger partial charge is 0.257 e. The lowest BCUT2D eigenvalue weighted by molar-refractivity contribution is 0.102. The molecule has 1 N–H and O–H groups in total. The summed E-state index contributed by atoms with van der Waals surface area (Å²) in [7, 11) is 1.51. The van der Waals surface area contributed by atoms with E-state index in [0.717, 1.165) is 22.4 Å². The zero-order valence-electron chi connectivity index (χ0n) is 17.9. The van der Waals surface area contributed by atoms with Gasteiger partial charge in [0.2, 0.25) is 0 Å². The Morgan fingerprint density at radius 2 is 1.80 bits per heavy atom. The molecule has 30 heavy (non-hydrogen) atoms. The molecule has 1 amide bonds. The zero-order chi connectivity index (χ0) is 22.0. The van der Waals surface area contributed by atoms with Gasteiger partial charge in [-0.1, -0.05) is 29.3 Å². The fourth-order valence-corrected chi connectivity index (χ4v) is 4.35. The van der Waals surface area contributed by atoms with Crippen LogP contribution in [0.15, 0.2) is 29.6 Å². The Bertz CT molecular complexity index is 1070. The molecule has 0 fully saturated rings. The van der Waals surface area contributed by atoms with E-state index in [1.165, 1.54) is 24.0 Å². The molecule has 2 aromatic carbocycles. The molecule has 1 aromatic heterocycles. The fraction of sp³-hybridized carbons (Fsp3) is 0.304. The molecule has 0 saturated heterocycles. The summed E-state index contributed by atoms with van der Waals surface area (Å²) in [6.45, 7) is 10.0. The summed E-state index contributed by atoms with van der Waals surface area (Å²) in [6, 6.07) is 7.45. The minimum Gasteiger partial charge on any atom is -0.493 e. The first kappa shape index (κ1) is 22.1. The van der Waals surface area contributed by atoms with Crippen molar-refractivity contribution in [1.82, 2.24) is 4.98 Å². The van der Waals surface area contributed by atoms with E-state index >= 15 is 0 Å². The van der Waals surface area contributed by atoms with E-state index in [1.54, 1.807) is 12.1 Å². The van der Waals surface area contributed by atoms with Gasteiger partial charge in [-0.2, -0.15) is 0 Å². The average molecular weight is 445 g/mol. The molecule has 0 bridgehead atoms. The van der Waals surface area contributed by atoms with E-state index in [9.17, 15) is 4.79 Å². The highest BCUT2D eigenvalue weighted by Gasteiger charge is 2.18. The Hall–Kier alpha value is -2.57. The number of nitrogens with one attached hydrogen (secondary N) is 1. The second-order valence-corrected chi connectivity index (χ2v) is 8.69. The number of nitrogens with zero attached hydrogens (tertiary/aromatic N) is 1. The monoisotopic (exact) mass is 444 g/mol. The van der Waals surface area contributed by atoms with Crippen LogP contribution in [0.25, 0.3) is 11.3 Å². The maximum Gasteiger partial charge on any atom is 0.257 e. The number of halogens is 1. The van der Waals surface area contributed by atoms with Crippen LogP contribution in [0.3, 0.4) is 0 Å². The lowest BCUT2D eigenvalue weighted by atomic mass is 9.98. The molecule has 7 heteroatoms. The summed E-state index contributed by atoms with van der Waals surface area (Å²) in [4.78, 5) is 17.4. The van der Waals surface area contributed by atoms with Gasteiger partial charge in [0.1, 0.15) is 0 Å². The van der Waals surface area contributed by atoms with Gasteiger partial charge >= 0.3 is 0 Å². The number of anilines is 1. The maximum absolute atomic E-state index is 12.8. The number of amides is 1. The number of rotatable bonds is 6. The molecule has 0 atom stereocenters. The fourth-order valence-electron chi connectivity index (χ4n) is 3.40. The third-order valence-electron chi connectivity index (χ3n) is 4.50. The van der Waals surface area contributed by atoms with Crippen molar-refractivity contribution in [2.24, 2.45) is 0 Å². The van der Waals surface area contributed by atoms with Crippen molar-refractivity contribution >= 4 is 34.0 Å². The Morgan fingerprint density at radius 3 is 2.40 bits per heavy atom. The summed E-state index contributed by atoms with van der Waals surface area (Å²) in [6.07, 6.45) is -0.0708. The predicted molar refractivity (Wildman–Crippen MR) is 123 cm³/mol. The first-order valence-corrected chi connectivity index (χ1v) is 10.8. The van der Waals surface area contributed by atoms with Crippen LogP contribution in [0, 0.1) is 20.8 Å². The number of ether oxygens (including phenoxy) is 2. The summed E-state index contributed by atoms with van der Waals surface area (Å²) in [5.74, 6) is 0.518. The minimum absolute atomic E-state index is 0.0708. The molecular formula is C23H25ClN2O3S. The first-order chi connectivity index (χ1) is 14.2. The van der Waals surface area contributed by atoms with Crippen LogP contribution < -0.4 is 14.8 Å². The zero-order valence-corrected chi connectivity index (χ0v) is 19.5. The van der Waals surface area contributed by atoms with Gasteiger partial charge in [-0.25, -0.2) is 4.98 Å². The molecule has 3 aromatic rings. The molecule has 0 saturated carbocycles. The van der Waals surface area contributed by atoms with E-state index in [4.69, 9.17) is 21.1 Å². The lowest BCUT2D eigenvalue weighted by Crippen LogP contribution is -2.13. The van der Waals surface area contributed by atoms with Gasteiger partial charge in [0.05, 0.1) is 23.9 Å². The highest BCUT2D eigenvalue weighted by atomic mass is 35.5. The summed E-state index contributed by atoms with van der Waals surface area (Å²) >= 11 is 7.72. The quantitative estimate of drug-likeness (QED) is 0.475. The van der Waals surface area contributed by atoms with Gasteiger partial charge < -0.3 is 9.47 Å². The van der Waals surface area contributed by atoms with Gasteiger partial charge in [-0.15, -0.1) is 11.3 Å². The molecule has 0 radical (unpaired) electrons. The Labute approximate surface area is 186 Å². The molecule has 0 unspecified atom stereocenters. The molecule has 0 aliphatic heterocycles. The third kappa shape index (κ3) is 4.77. The van der Waals surface area contributed by atoms with Crippen LogP contribution in [0.1, 0.15) is 40.9 Å². The van der Waals surface area contributed by atoms with Crippen LogP contribution in [-0.2, 0) is 0 Å². The number of carbonyl (C=O) groups is 1. The number of carbonyl (C=O) groups excluding carboxylic acids is 1. The summed E-state index contributed by atoms with van der Waals surface area (Å²) in [5, 5.41) is 5.64. The van der Waals surface area contributed by atoms with Crippen molar-refractivity contribution < 1.29 is 14.3 Å². The van der Waals surface area contributed by atoms with E-state index in [0.29, 0.717) is 27.2 Å². The van der Waals surface area contributed by atoms with Crippen molar-refractivity contribution in [3.8, 4) is 22.8 Å². The molecule has 0 aliphatic carbocycles. The number of aryl methyl sites for hydroxylation is 3. The number of thiazole rings is 1. The normalized spacial score (nSPS) is 10.9. The second-order valence-electron chi connectivity index (χ2n) is 7.42. The SMILES string of the molecule is COc1cc(C(=O)Nc2nc(-c3c(C)cc(C)cc3C)cs2)cc(Cl)c1OC(C)C. The number of aromatic nitrogens is 1. The Kier molecular flexibility index (Phi) is 6.68. The standard InChI is InChI=1S/C23H25ClN2O3S/c1-12(2)29-21-17(24)9-16(10-19(21)28-6)22(27)26-23-25-18(11-30-23)20-14(4)7-13(3)8-15(20)5/h7-12H,1-6H3,(H,25,26,27). The van der Waals surface area contributed by atoms with E-state index < -0.39 is 0 Å². The first-order valence-electron chi connectivity index (χ1n) is 9.59. The number of hydrogen-bond donors (Lipinski definition) is 1. The molecule has 0 aliphatic rings.